The molecule has 10 heteroatoms. The van der Waals surface area contributed by atoms with Gasteiger partial charge in [-0.05, 0) is 24.0 Å². The highest BCUT2D eigenvalue weighted by molar-refractivity contribution is 6.14. The summed E-state index contributed by atoms with van der Waals surface area (Å²) in [5.41, 5.74) is -4.57. The lowest BCUT2D eigenvalue weighted by atomic mass is 9.72. The van der Waals surface area contributed by atoms with E-state index < -0.39 is 40.3 Å². The van der Waals surface area contributed by atoms with Crippen molar-refractivity contribution in [3.8, 4) is 0 Å². The van der Waals surface area contributed by atoms with Crippen molar-refractivity contribution in [3.05, 3.63) is 47.2 Å². The summed E-state index contributed by atoms with van der Waals surface area (Å²) >= 11 is 0. The van der Waals surface area contributed by atoms with Gasteiger partial charge in [0, 0.05) is 30.6 Å². The molecule has 7 nitrogen and oxygen atoms in total. The Morgan fingerprint density at radius 3 is 2.40 bits per heavy atom. The summed E-state index contributed by atoms with van der Waals surface area (Å²) in [7, 11) is 0. The molecule has 0 saturated carbocycles. The maximum absolute atomic E-state index is 14.8. The second-order valence-electron chi connectivity index (χ2n) is 10.3. The molecule has 3 aliphatic rings. The molecule has 1 aliphatic carbocycles. The Morgan fingerprint density at radius 1 is 1.11 bits per heavy atom. The summed E-state index contributed by atoms with van der Waals surface area (Å²) in [6.07, 6.45) is -4.73. The number of morpholine rings is 1. The van der Waals surface area contributed by atoms with E-state index in [-0.39, 0.29) is 30.6 Å². The van der Waals surface area contributed by atoms with Crippen molar-refractivity contribution in [1.82, 2.24) is 10.2 Å². The number of carbonyl (C=O) groups is 3. The Hall–Kier alpha value is -2.72. The Morgan fingerprint density at radius 2 is 1.77 bits per heavy atom. The number of quaternary nitrogens is 1. The lowest BCUT2D eigenvalue weighted by Gasteiger charge is -2.35. The number of carbonyl (C=O) groups excluding carboxylic acids is 3. The van der Waals surface area contributed by atoms with E-state index in [1.54, 1.807) is 19.9 Å². The van der Waals surface area contributed by atoms with Crippen LogP contribution < -0.4 is 10.2 Å². The minimum Gasteiger partial charge on any atom is -0.370 e. The molecular weight excluding hydrogens is 463 g/mol. The number of ketones is 1. The van der Waals surface area contributed by atoms with Crippen LogP contribution in [0.1, 0.15) is 43.5 Å². The third kappa shape index (κ3) is 4.73. The number of ether oxygens (including phenoxy) is 1. The first-order valence-corrected chi connectivity index (χ1v) is 11.9. The van der Waals surface area contributed by atoms with Crippen molar-refractivity contribution in [2.24, 2.45) is 5.41 Å². The molecule has 2 aliphatic heterocycles. The summed E-state index contributed by atoms with van der Waals surface area (Å²) in [5.74, 6) is -3.11. The van der Waals surface area contributed by atoms with Crippen molar-refractivity contribution in [2.45, 2.75) is 44.8 Å². The number of Topliss-reactive ketones (excluding diaryl/α,β-unsaturated/α-hetero) is 1. The largest absolute Gasteiger partial charge is 0.425 e. The third-order valence-corrected chi connectivity index (χ3v) is 6.99. The maximum Gasteiger partial charge on any atom is 0.425 e. The summed E-state index contributed by atoms with van der Waals surface area (Å²) in [5, 5.41) is 1.97. The fraction of sp³-hybridized carbons (Fsp3) is 0.560. The number of rotatable bonds is 6. The Labute approximate surface area is 202 Å². The SMILES string of the molecule is CC1(C)CC(=O)C2=C(C1)N(CCC[NH+]1CCOCC1)C(=O)[C@]2(NC(=O)c1ccccc1)C(F)(F)F. The van der Waals surface area contributed by atoms with Crippen LogP contribution in [0.15, 0.2) is 41.6 Å². The smallest absolute Gasteiger partial charge is 0.370 e. The van der Waals surface area contributed by atoms with Crippen LogP contribution in [0.4, 0.5) is 13.2 Å². The summed E-state index contributed by atoms with van der Waals surface area (Å²) in [4.78, 5) is 42.1. The number of halogens is 3. The van der Waals surface area contributed by atoms with Gasteiger partial charge in [-0.2, -0.15) is 13.2 Å². The van der Waals surface area contributed by atoms with Gasteiger partial charge >= 0.3 is 6.18 Å². The molecule has 0 aromatic heterocycles. The maximum atomic E-state index is 14.8. The molecule has 0 unspecified atom stereocenters. The van der Waals surface area contributed by atoms with Gasteiger partial charge in [-0.3, -0.25) is 14.4 Å². The predicted octanol–water partition coefficient (Wildman–Crippen LogP) is 1.51. The zero-order valence-electron chi connectivity index (χ0n) is 20.0. The molecule has 0 spiro atoms. The Balaban J connectivity index is 1.70. The van der Waals surface area contributed by atoms with Crippen molar-refractivity contribution in [2.75, 3.05) is 39.4 Å². The number of allylic oxidation sites excluding steroid dienone is 1. The third-order valence-electron chi connectivity index (χ3n) is 6.99. The molecule has 2 heterocycles. The van der Waals surface area contributed by atoms with Crippen LogP contribution in [0.5, 0.6) is 0 Å². The van der Waals surface area contributed by atoms with E-state index in [2.05, 4.69) is 0 Å². The number of benzene rings is 1. The average molecular weight is 495 g/mol. The molecule has 1 saturated heterocycles. The fourth-order valence-electron chi connectivity index (χ4n) is 5.29. The minimum atomic E-state index is -5.20. The van der Waals surface area contributed by atoms with Gasteiger partial charge in [-0.15, -0.1) is 0 Å². The predicted molar refractivity (Wildman–Crippen MR) is 120 cm³/mol. The Kier molecular flexibility index (Phi) is 6.80. The molecule has 2 amide bonds. The summed E-state index contributed by atoms with van der Waals surface area (Å²) < 4.78 is 49.7. The molecule has 0 radical (unpaired) electrons. The number of nitrogens with zero attached hydrogens (tertiary/aromatic N) is 1. The highest BCUT2D eigenvalue weighted by atomic mass is 19.4. The van der Waals surface area contributed by atoms with E-state index in [0.717, 1.165) is 18.0 Å². The lowest BCUT2D eigenvalue weighted by Crippen LogP contribution is -3.14. The van der Waals surface area contributed by atoms with Crippen LogP contribution in [-0.4, -0.2) is 73.6 Å². The molecular formula is C25H31F3N3O4+. The minimum absolute atomic E-state index is 0.0240. The second kappa shape index (κ2) is 9.39. The van der Waals surface area contributed by atoms with E-state index >= 15 is 0 Å². The number of hydrogen-bond donors (Lipinski definition) is 2. The van der Waals surface area contributed by atoms with E-state index in [4.69, 9.17) is 4.74 Å². The van der Waals surface area contributed by atoms with Gasteiger partial charge in [0.2, 0.25) is 5.54 Å². The highest BCUT2D eigenvalue weighted by Gasteiger charge is 2.71. The molecule has 35 heavy (non-hydrogen) atoms. The lowest BCUT2D eigenvalue weighted by molar-refractivity contribution is -0.908. The van der Waals surface area contributed by atoms with Crippen molar-refractivity contribution >= 4 is 17.6 Å². The quantitative estimate of drug-likeness (QED) is 0.629. The molecule has 190 valence electrons. The van der Waals surface area contributed by atoms with Crippen LogP contribution in [0.3, 0.4) is 0 Å². The molecule has 1 atom stereocenters. The number of alkyl halides is 3. The van der Waals surface area contributed by atoms with Crippen LogP contribution in [0.2, 0.25) is 0 Å². The van der Waals surface area contributed by atoms with Gasteiger partial charge < -0.3 is 19.9 Å². The normalized spacial score (nSPS) is 25.1. The van der Waals surface area contributed by atoms with Crippen LogP contribution in [-0.2, 0) is 14.3 Å². The standard InChI is InChI=1S/C25H30F3N3O4/c1-23(2)15-18-20(19(32)16-23)24(25(26,27)28,29-21(33)17-7-4-3-5-8-17)22(34)31(18)10-6-9-30-11-13-35-14-12-30/h3-5,7-8H,6,9-16H2,1-2H3,(H,29,33)/p+1/t24-/m0/s1. The molecule has 1 aromatic rings. The Bertz CT molecular complexity index is 1030. The van der Waals surface area contributed by atoms with Gasteiger partial charge in [-0.1, -0.05) is 32.0 Å². The van der Waals surface area contributed by atoms with Gasteiger partial charge in [0.05, 0.1) is 25.3 Å². The molecule has 2 N–H and O–H groups in total. The zero-order chi connectivity index (χ0) is 25.4. The van der Waals surface area contributed by atoms with Gasteiger partial charge in [0.1, 0.15) is 13.1 Å². The van der Waals surface area contributed by atoms with E-state index in [1.807, 2.05) is 5.32 Å². The summed E-state index contributed by atoms with van der Waals surface area (Å²) in [6, 6.07) is 7.39. The van der Waals surface area contributed by atoms with Gasteiger partial charge in [-0.25, -0.2) is 0 Å². The summed E-state index contributed by atoms with van der Waals surface area (Å²) in [6.45, 7) is 7.15. The molecule has 4 rings (SSSR count). The fourth-order valence-corrected chi connectivity index (χ4v) is 5.29. The highest BCUT2D eigenvalue weighted by Crippen LogP contribution is 2.51. The monoisotopic (exact) mass is 494 g/mol. The first-order chi connectivity index (χ1) is 16.5. The van der Waals surface area contributed by atoms with Crippen molar-refractivity contribution in [1.29, 1.82) is 0 Å². The first kappa shape index (κ1) is 25.4. The van der Waals surface area contributed by atoms with E-state index in [1.165, 1.54) is 29.2 Å². The molecule has 1 fully saturated rings. The van der Waals surface area contributed by atoms with Gasteiger partial charge in [0.15, 0.2) is 5.78 Å². The van der Waals surface area contributed by atoms with Crippen LogP contribution in [0, 0.1) is 5.41 Å². The number of amides is 2. The molecule has 0 bridgehead atoms. The van der Waals surface area contributed by atoms with Crippen molar-refractivity contribution < 1.29 is 37.2 Å². The number of hydrogen-bond acceptors (Lipinski definition) is 4. The van der Waals surface area contributed by atoms with Gasteiger partial charge in [0.25, 0.3) is 11.8 Å². The topological polar surface area (TPSA) is 80.2 Å². The van der Waals surface area contributed by atoms with E-state index in [0.29, 0.717) is 26.2 Å². The number of nitrogens with one attached hydrogen (secondary N) is 2. The van der Waals surface area contributed by atoms with Crippen LogP contribution in [0.25, 0.3) is 0 Å². The first-order valence-electron chi connectivity index (χ1n) is 11.9. The average Bonchev–Trinajstić information content (AvgIpc) is 3.02. The zero-order valence-corrected chi connectivity index (χ0v) is 20.0. The van der Waals surface area contributed by atoms with Crippen LogP contribution >= 0.6 is 0 Å². The second-order valence-corrected chi connectivity index (χ2v) is 10.3. The molecule has 1 aromatic carbocycles. The van der Waals surface area contributed by atoms with Crippen molar-refractivity contribution in [3.63, 3.8) is 0 Å². The van der Waals surface area contributed by atoms with E-state index in [9.17, 15) is 27.6 Å².